The molecule has 0 aromatic heterocycles. The largest absolute Gasteiger partial charge is 0.470 e. The van der Waals surface area contributed by atoms with Gasteiger partial charge in [-0.1, -0.05) is 0 Å². The minimum Gasteiger partial charge on any atom is -0.413 e. The summed E-state index contributed by atoms with van der Waals surface area (Å²) >= 11 is 0. The fourth-order valence-electron chi connectivity index (χ4n) is 1.84. The van der Waals surface area contributed by atoms with Crippen LogP contribution in [0, 0.1) is 5.92 Å². The molecule has 0 N–H and O–H groups in total. The molecule has 0 bridgehead atoms. The average molecular weight is 326 g/mol. The first kappa shape index (κ1) is 18.0. The third-order valence-electron chi connectivity index (χ3n) is 3.08. The molecule has 10 heteroatoms. The maximum absolute atomic E-state index is 13.1. The summed E-state index contributed by atoms with van der Waals surface area (Å²) in [5.41, 5.74) is 0. The van der Waals surface area contributed by atoms with Crippen LogP contribution >= 0.6 is 0 Å². The fraction of sp³-hybridized carbons (Fsp3) is 0.909. The Bertz CT molecular complexity index is 344. The summed E-state index contributed by atoms with van der Waals surface area (Å²) in [5, 5.41) is 0. The molecular formula is C11H13F7O3. The molecule has 1 aliphatic heterocycles. The monoisotopic (exact) mass is 326 g/mol. The zero-order valence-corrected chi connectivity index (χ0v) is 10.7. The van der Waals surface area contributed by atoms with E-state index in [-0.39, 0.29) is 12.3 Å². The van der Waals surface area contributed by atoms with Crippen LogP contribution in [-0.2, 0) is 14.3 Å². The lowest BCUT2D eigenvalue weighted by Gasteiger charge is -2.29. The number of ether oxygens (including phenoxy) is 2. The summed E-state index contributed by atoms with van der Waals surface area (Å²) in [6.45, 7) is 0.801. The molecule has 1 rings (SSSR count). The Kier molecular flexibility index (Phi) is 5.46. The van der Waals surface area contributed by atoms with Crippen molar-refractivity contribution in [2.45, 2.75) is 43.9 Å². The number of alkyl halides is 7. The van der Waals surface area contributed by atoms with Crippen molar-refractivity contribution in [3.63, 3.8) is 0 Å². The van der Waals surface area contributed by atoms with Gasteiger partial charge in [0.1, 0.15) is 0 Å². The second-order valence-electron chi connectivity index (χ2n) is 4.66. The minimum atomic E-state index is -6.39. The molecule has 124 valence electrons. The van der Waals surface area contributed by atoms with Crippen LogP contribution in [0.3, 0.4) is 0 Å². The van der Waals surface area contributed by atoms with Gasteiger partial charge in [-0.25, -0.2) is 0 Å². The quantitative estimate of drug-likeness (QED) is 0.586. The maximum Gasteiger partial charge on any atom is 0.470 e. The molecule has 0 atom stereocenters. The Morgan fingerprint density at radius 3 is 1.90 bits per heavy atom. The third kappa shape index (κ3) is 4.45. The van der Waals surface area contributed by atoms with Crippen molar-refractivity contribution in [2.75, 3.05) is 13.2 Å². The molecule has 1 heterocycles. The van der Waals surface area contributed by atoms with Gasteiger partial charge in [0, 0.05) is 19.6 Å². The van der Waals surface area contributed by atoms with Gasteiger partial charge in [-0.2, -0.15) is 30.7 Å². The van der Waals surface area contributed by atoms with Crippen molar-refractivity contribution in [1.82, 2.24) is 0 Å². The molecule has 0 spiro atoms. The molecule has 0 saturated carbocycles. The minimum absolute atomic E-state index is 0.0218. The van der Waals surface area contributed by atoms with E-state index in [4.69, 9.17) is 4.74 Å². The molecule has 0 unspecified atom stereocenters. The van der Waals surface area contributed by atoms with E-state index < -0.39 is 30.6 Å². The number of carbonyl (C=O) groups excluding carboxylic acids is 1. The van der Waals surface area contributed by atoms with Crippen LogP contribution in [0.2, 0.25) is 0 Å². The summed E-state index contributed by atoms with van der Waals surface area (Å²) in [5.74, 6) is -7.93. The van der Waals surface area contributed by atoms with E-state index in [9.17, 15) is 35.5 Å². The van der Waals surface area contributed by atoms with Crippen LogP contribution in [0.5, 0.6) is 0 Å². The highest BCUT2D eigenvalue weighted by Gasteiger charge is 2.76. The van der Waals surface area contributed by atoms with Gasteiger partial charge < -0.3 is 9.47 Å². The smallest absolute Gasteiger partial charge is 0.413 e. The summed E-state index contributed by atoms with van der Waals surface area (Å²) in [6.07, 6.45) is -12.4. The lowest BCUT2D eigenvalue weighted by Crippen LogP contribution is -2.56. The summed E-state index contributed by atoms with van der Waals surface area (Å²) in [6, 6.07) is 0. The SMILES string of the molecule is O=C(CCC1CCOCC1)OC(F)(C(F)(F)F)C(F)(F)F. The summed E-state index contributed by atoms with van der Waals surface area (Å²) in [7, 11) is 0. The van der Waals surface area contributed by atoms with Crippen molar-refractivity contribution in [2.24, 2.45) is 5.92 Å². The van der Waals surface area contributed by atoms with Crippen LogP contribution in [-0.4, -0.2) is 37.4 Å². The number of hydrogen-bond donors (Lipinski definition) is 0. The topological polar surface area (TPSA) is 35.5 Å². The van der Waals surface area contributed by atoms with Gasteiger partial charge in [-0.3, -0.25) is 4.79 Å². The number of esters is 1. The molecule has 0 amide bonds. The molecule has 0 radical (unpaired) electrons. The van der Waals surface area contributed by atoms with Crippen molar-refractivity contribution in [1.29, 1.82) is 0 Å². The zero-order valence-electron chi connectivity index (χ0n) is 10.7. The number of halogens is 7. The third-order valence-corrected chi connectivity index (χ3v) is 3.08. The Hall–Kier alpha value is -1.06. The normalized spacial score (nSPS) is 18.6. The molecule has 21 heavy (non-hydrogen) atoms. The Labute approximate surface area is 115 Å². The van der Waals surface area contributed by atoms with E-state index in [1.807, 2.05) is 0 Å². The standard InChI is InChI=1S/C11H13F7O3/c12-9(10(13,14)15,11(16,17)18)21-8(19)2-1-7-3-5-20-6-4-7/h7H,1-6H2. The molecule has 3 nitrogen and oxygen atoms in total. The highest BCUT2D eigenvalue weighted by atomic mass is 19.4. The fourth-order valence-corrected chi connectivity index (χ4v) is 1.84. The van der Waals surface area contributed by atoms with Crippen LogP contribution in [0.15, 0.2) is 0 Å². The predicted molar refractivity (Wildman–Crippen MR) is 54.8 cm³/mol. The summed E-state index contributed by atoms with van der Waals surface area (Å²) in [4.78, 5) is 11.1. The molecule has 1 aliphatic rings. The van der Waals surface area contributed by atoms with Crippen molar-refractivity contribution in [3.8, 4) is 0 Å². The Morgan fingerprint density at radius 2 is 1.48 bits per heavy atom. The molecule has 0 aromatic carbocycles. The first-order chi connectivity index (χ1) is 9.47. The van der Waals surface area contributed by atoms with Crippen LogP contribution in [0.25, 0.3) is 0 Å². The lowest BCUT2D eigenvalue weighted by atomic mass is 9.95. The maximum atomic E-state index is 13.1. The lowest BCUT2D eigenvalue weighted by molar-refractivity contribution is -0.417. The molecule has 0 aromatic rings. The van der Waals surface area contributed by atoms with E-state index in [1.54, 1.807) is 0 Å². The van der Waals surface area contributed by atoms with Crippen molar-refractivity contribution in [3.05, 3.63) is 0 Å². The number of hydrogen-bond acceptors (Lipinski definition) is 3. The second-order valence-corrected chi connectivity index (χ2v) is 4.66. The summed E-state index contributed by atoms with van der Waals surface area (Å²) < 4.78 is 94.2. The molecule has 1 fully saturated rings. The number of rotatable bonds is 4. The van der Waals surface area contributed by atoms with Gasteiger partial charge in [0.2, 0.25) is 0 Å². The number of carbonyl (C=O) groups is 1. The first-order valence-corrected chi connectivity index (χ1v) is 6.09. The Morgan fingerprint density at radius 1 is 1.00 bits per heavy atom. The van der Waals surface area contributed by atoms with Crippen LogP contribution in [0.4, 0.5) is 30.7 Å². The Balaban J connectivity index is 2.61. The average Bonchev–Trinajstić information content (AvgIpc) is 2.35. The molecule has 1 saturated heterocycles. The zero-order chi connectivity index (χ0) is 16.3. The second kappa shape index (κ2) is 6.37. The van der Waals surface area contributed by atoms with Gasteiger partial charge in [-0.05, 0) is 25.2 Å². The van der Waals surface area contributed by atoms with Crippen molar-refractivity contribution < 1.29 is 45.0 Å². The van der Waals surface area contributed by atoms with E-state index in [0.29, 0.717) is 26.1 Å². The predicted octanol–water partition coefficient (Wildman–Crippen LogP) is 3.53. The highest BCUT2D eigenvalue weighted by molar-refractivity contribution is 5.70. The van der Waals surface area contributed by atoms with Gasteiger partial charge in [0.05, 0.1) is 0 Å². The van der Waals surface area contributed by atoms with E-state index in [1.165, 1.54) is 0 Å². The molecule has 0 aliphatic carbocycles. The first-order valence-electron chi connectivity index (χ1n) is 6.09. The van der Waals surface area contributed by atoms with Crippen molar-refractivity contribution >= 4 is 5.97 Å². The van der Waals surface area contributed by atoms with Crippen LogP contribution in [0.1, 0.15) is 25.7 Å². The van der Waals surface area contributed by atoms with Gasteiger partial charge >= 0.3 is 24.2 Å². The van der Waals surface area contributed by atoms with Gasteiger partial charge in [0.25, 0.3) is 0 Å². The highest BCUT2D eigenvalue weighted by Crippen LogP contribution is 2.47. The van der Waals surface area contributed by atoms with E-state index in [2.05, 4.69) is 4.74 Å². The van der Waals surface area contributed by atoms with Gasteiger partial charge in [-0.15, -0.1) is 0 Å². The molecular weight excluding hydrogens is 313 g/mol. The van der Waals surface area contributed by atoms with Gasteiger partial charge in [0.15, 0.2) is 0 Å². The van der Waals surface area contributed by atoms with E-state index in [0.717, 1.165) is 0 Å². The van der Waals surface area contributed by atoms with Crippen LogP contribution < -0.4 is 0 Å². The van der Waals surface area contributed by atoms with E-state index >= 15 is 0 Å².